The molecule has 0 saturated heterocycles. The van der Waals surface area contributed by atoms with Crippen molar-refractivity contribution < 1.29 is 19.1 Å². The largest absolute Gasteiger partial charge is 0.418 e. The maximum absolute atomic E-state index is 12.1. The van der Waals surface area contributed by atoms with E-state index < -0.39 is 18.2 Å². The fourth-order valence-corrected chi connectivity index (χ4v) is 3.91. The summed E-state index contributed by atoms with van der Waals surface area (Å²) >= 11 is 13.1. The minimum atomic E-state index is -1.11. The Kier molecular flexibility index (Phi) is 4.54. The van der Waals surface area contributed by atoms with Crippen LogP contribution in [0.5, 0.6) is 0 Å². The highest BCUT2D eigenvalue weighted by Crippen LogP contribution is 2.43. The average Bonchev–Trinajstić information content (AvgIpc) is 2.50. The summed E-state index contributed by atoms with van der Waals surface area (Å²) in [5, 5.41) is 0. The minimum absolute atomic E-state index is 0.0938. The maximum atomic E-state index is 12.1. The van der Waals surface area contributed by atoms with Crippen molar-refractivity contribution in [2.45, 2.75) is 6.29 Å². The van der Waals surface area contributed by atoms with Gasteiger partial charge in [-0.2, -0.15) is 0 Å². The lowest BCUT2D eigenvalue weighted by molar-refractivity contribution is -0.0503. The van der Waals surface area contributed by atoms with E-state index in [9.17, 15) is 9.59 Å². The Morgan fingerprint density at radius 1 is 0.842 bits per heavy atom. The summed E-state index contributed by atoms with van der Waals surface area (Å²) in [6, 6.07) is 0. The van der Waals surface area contributed by atoms with Gasteiger partial charge in [-0.25, -0.2) is 9.59 Å². The highest BCUT2D eigenvalue weighted by molar-refractivity contribution is 9.15. The molecule has 0 N–H and O–H groups in total. The third kappa shape index (κ3) is 2.55. The fourth-order valence-electron chi connectivity index (χ4n) is 1.46. The van der Waals surface area contributed by atoms with Crippen molar-refractivity contribution in [1.82, 2.24) is 0 Å². The van der Waals surface area contributed by atoms with Gasteiger partial charge >= 0.3 is 11.9 Å². The highest BCUT2D eigenvalue weighted by atomic mass is 79.9. The Balaban J connectivity index is 2.78. The van der Waals surface area contributed by atoms with E-state index in [0.29, 0.717) is 17.9 Å². The molecule has 1 aromatic carbocycles. The van der Waals surface area contributed by atoms with Crippen molar-refractivity contribution in [3.63, 3.8) is 0 Å². The Labute approximate surface area is 142 Å². The SMILES string of the molecule is C=CC1OC(=O)c2c(Br)c(Br)c(Br)c(Br)c2C(=O)O1. The third-order valence-electron chi connectivity index (χ3n) is 2.31. The second-order valence-electron chi connectivity index (χ2n) is 3.42. The lowest BCUT2D eigenvalue weighted by atomic mass is 10.1. The molecule has 0 amide bonds. The average molecular weight is 520 g/mol. The van der Waals surface area contributed by atoms with E-state index in [0.717, 1.165) is 0 Å². The number of hydrogen-bond acceptors (Lipinski definition) is 4. The van der Waals surface area contributed by atoms with Crippen LogP contribution in [0.25, 0.3) is 0 Å². The topological polar surface area (TPSA) is 52.6 Å². The molecule has 4 nitrogen and oxygen atoms in total. The molecular weight excluding hydrogens is 516 g/mol. The summed E-state index contributed by atoms with van der Waals surface area (Å²) in [6.07, 6.45) is 0.122. The van der Waals surface area contributed by atoms with Crippen LogP contribution in [0.3, 0.4) is 0 Å². The number of carbonyl (C=O) groups is 2. The van der Waals surface area contributed by atoms with Crippen molar-refractivity contribution in [2.24, 2.45) is 0 Å². The van der Waals surface area contributed by atoms with Gasteiger partial charge in [0.15, 0.2) is 0 Å². The zero-order valence-electron chi connectivity index (χ0n) is 9.01. The molecule has 1 heterocycles. The van der Waals surface area contributed by atoms with Crippen molar-refractivity contribution in [2.75, 3.05) is 0 Å². The van der Waals surface area contributed by atoms with E-state index in [1.807, 2.05) is 0 Å². The summed E-state index contributed by atoms with van der Waals surface area (Å²) in [5.41, 5.74) is 0.188. The molecule has 19 heavy (non-hydrogen) atoms. The molecule has 1 aliphatic rings. The van der Waals surface area contributed by atoms with Crippen LogP contribution in [-0.4, -0.2) is 18.2 Å². The zero-order valence-corrected chi connectivity index (χ0v) is 15.4. The van der Waals surface area contributed by atoms with Crippen LogP contribution in [0.15, 0.2) is 30.5 Å². The van der Waals surface area contributed by atoms with E-state index >= 15 is 0 Å². The molecule has 0 spiro atoms. The smallest absolute Gasteiger partial charge is 0.343 e. The predicted molar refractivity (Wildman–Crippen MR) is 82.1 cm³/mol. The molecule has 0 bridgehead atoms. The van der Waals surface area contributed by atoms with E-state index in [1.54, 1.807) is 0 Å². The van der Waals surface area contributed by atoms with Crippen molar-refractivity contribution in [1.29, 1.82) is 0 Å². The van der Waals surface area contributed by atoms with Crippen LogP contribution in [0.4, 0.5) is 0 Å². The molecule has 0 aliphatic carbocycles. The summed E-state index contributed by atoms with van der Waals surface area (Å²) < 4.78 is 12.0. The fraction of sp³-hybridized carbons (Fsp3) is 0.0909. The number of hydrogen-bond donors (Lipinski definition) is 0. The van der Waals surface area contributed by atoms with Crippen molar-refractivity contribution in [3.05, 3.63) is 41.7 Å². The number of benzene rings is 1. The Morgan fingerprint density at radius 2 is 1.21 bits per heavy atom. The first-order valence-corrected chi connectivity index (χ1v) is 7.96. The number of esters is 2. The Bertz CT molecular complexity index is 562. The number of ether oxygens (including phenoxy) is 2. The van der Waals surface area contributed by atoms with Crippen LogP contribution in [0, 0.1) is 0 Å². The van der Waals surface area contributed by atoms with Gasteiger partial charge < -0.3 is 9.47 Å². The number of rotatable bonds is 1. The lowest BCUT2D eigenvalue weighted by Gasteiger charge is -2.11. The molecule has 100 valence electrons. The Morgan fingerprint density at radius 3 is 1.53 bits per heavy atom. The van der Waals surface area contributed by atoms with E-state index in [2.05, 4.69) is 70.3 Å². The molecule has 0 aromatic heterocycles. The molecule has 8 heteroatoms. The third-order valence-corrected chi connectivity index (χ3v) is 7.08. The number of carbonyl (C=O) groups excluding carboxylic acids is 2. The van der Waals surface area contributed by atoms with Gasteiger partial charge in [0.2, 0.25) is 0 Å². The molecule has 2 rings (SSSR count). The van der Waals surface area contributed by atoms with Crippen LogP contribution < -0.4 is 0 Å². The van der Waals surface area contributed by atoms with Crippen LogP contribution in [-0.2, 0) is 9.47 Å². The molecule has 1 aromatic rings. The maximum Gasteiger partial charge on any atom is 0.343 e. The summed E-state index contributed by atoms with van der Waals surface area (Å²) in [5.74, 6) is -1.35. The van der Waals surface area contributed by atoms with E-state index in [4.69, 9.17) is 9.47 Å². The van der Waals surface area contributed by atoms with Crippen molar-refractivity contribution in [3.8, 4) is 0 Å². The number of halogens is 4. The molecule has 0 radical (unpaired) electrons. The van der Waals surface area contributed by atoms with Gasteiger partial charge in [0.25, 0.3) is 6.29 Å². The van der Waals surface area contributed by atoms with Gasteiger partial charge in [-0.15, -0.1) is 0 Å². The molecule has 1 aliphatic heterocycles. The summed E-state index contributed by atoms with van der Waals surface area (Å²) in [6.45, 7) is 3.44. The lowest BCUT2D eigenvalue weighted by Crippen LogP contribution is -2.17. The van der Waals surface area contributed by atoms with Gasteiger partial charge in [-0.05, 0) is 69.8 Å². The number of cyclic esters (lactones) is 2. The van der Waals surface area contributed by atoms with Gasteiger partial charge in [0.05, 0.1) is 11.1 Å². The molecule has 0 fully saturated rings. The van der Waals surface area contributed by atoms with Gasteiger partial charge in [0.1, 0.15) is 0 Å². The monoisotopic (exact) mass is 516 g/mol. The van der Waals surface area contributed by atoms with Crippen LogP contribution >= 0.6 is 63.7 Å². The Hall–Kier alpha value is -0.180. The predicted octanol–water partition coefficient (Wildman–Crippen LogP) is 4.58. The van der Waals surface area contributed by atoms with Crippen LogP contribution in [0.1, 0.15) is 20.7 Å². The second kappa shape index (κ2) is 5.67. The van der Waals surface area contributed by atoms with E-state index in [1.165, 1.54) is 6.08 Å². The van der Waals surface area contributed by atoms with E-state index in [-0.39, 0.29) is 11.1 Å². The highest BCUT2D eigenvalue weighted by Gasteiger charge is 2.35. The van der Waals surface area contributed by atoms with Crippen molar-refractivity contribution >= 4 is 75.7 Å². The van der Waals surface area contributed by atoms with Gasteiger partial charge in [0, 0.05) is 17.9 Å². The first-order valence-electron chi connectivity index (χ1n) is 4.79. The minimum Gasteiger partial charge on any atom is -0.418 e. The first kappa shape index (κ1) is 15.2. The second-order valence-corrected chi connectivity index (χ2v) is 6.59. The van der Waals surface area contributed by atoms with Gasteiger partial charge in [-0.3, -0.25) is 0 Å². The summed E-state index contributed by atoms with van der Waals surface area (Å²) in [4.78, 5) is 24.1. The van der Waals surface area contributed by atoms with Gasteiger partial charge in [-0.1, -0.05) is 6.58 Å². The molecular formula is C11H4Br4O4. The number of fused-ring (bicyclic) bond motifs is 1. The van der Waals surface area contributed by atoms with Crippen LogP contribution in [0.2, 0.25) is 0 Å². The normalized spacial score (nSPS) is 15.4. The first-order chi connectivity index (χ1) is 8.88. The zero-order chi connectivity index (χ0) is 14.3. The molecule has 0 unspecified atom stereocenters. The summed E-state index contributed by atoms with van der Waals surface area (Å²) in [7, 11) is 0. The quantitative estimate of drug-likeness (QED) is 0.236. The molecule has 0 saturated carbocycles. The standard InChI is InChI=1S/C11H4Br4O4/c1-2-3-18-10(16)4-5(11(17)19-3)7(13)9(15)8(14)6(4)12/h2-3H,1H2. The molecule has 0 atom stereocenters.